The van der Waals surface area contributed by atoms with Gasteiger partial charge in [0.05, 0.1) is 18.4 Å². The first-order valence-corrected chi connectivity index (χ1v) is 6.67. The number of furan rings is 2. The first kappa shape index (κ1) is 13.5. The van der Waals surface area contributed by atoms with Gasteiger partial charge in [-0.15, -0.1) is 0 Å². The highest BCUT2D eigenvalue weighted by molar-refractivity contribution is 6.07. The number of carboxylic acids is 1. The van der Waals surface area contributed by atoms with Crippen LogP contribution in [0, 0.1) is 13.8 Å². The smallest absolute Gasteiger partial charge is 0.310 e. The molecule has 3 rings (SSSR count). The molecule has 0 spiro atoms. The highest BCUT2D eigenvalue weighted by atomic mass is 16.5. The lowest BCUT2D eigenvalue weighted by Crippen LogP contribution is -2.08. The summed E-state index contributed by atoms with van der Waals surface area (Å²) < 4.78 is 16.9. The number of hydrogen-bond donors (Lipinski definition) is 1. The summed E-state index contributed by atoms with van der Waals surface area (Å²) in [4.78, 5) is 11.5. The Balaban J connectivity index is 2.54. The van der Waals surface area contributed by atoms with Crippen molar-refractivity contribution in [1.29, 1.82) is 0 Å². The molecule has 0 aliphatic rings. The largest absolute Gasteiger partial charge is 0.492 e. The molecule has 0 amide bonds. The van der Waals surface area contributed by atoms with Crippen molar-refractivity contribution in [1.82, 2.24) is 0 Å². The van der Waals surface area contributed by atoms with Crippen molar-refractivity contribution in [3.63, 3.8) is 0 Å². The Bertz CT molecular complexity index is 795. The lowest BCUT2D eigenvalue weighted by atomic mass is 9.95. The molecule has 0 fully saturated rings. The van der Waals surface area contributed by atoms with E-state index in [4.69, 9.17) is 13.6 Å². The Hall–Kier alpha value is -2.43. The third-order valence-corrected chi connectivity index (χ3v) is 3.70. The van der Waals surface area contributed by atoms with Crippen LogP contribution in [-0.2, 0) is 4.79 Å². The first-order valence-electron chi connectivity index (χ1n) is 6.67. The fourth-order valence-corrected chi connectivity index (χ4v) is 2.77. The molecule has 2 heterocycles. The Labute approximate surface area is 121 Å². The predicted molar refractivity (Wildman–Crippen MR) is 78.1 cm³/mol. The van der Waals surface area contributed by atoms with E-state index in [0.29, 0.717) is 34.0 Å². The standard InChI is InChI=1S/C16H16O5/c1-7-5-10-12(9(3)16(17)18)13-11(6-8(2)20-13)14(19-4)15(10)21-7/h5-6,9H,1-4H3,(H,17,18). The number of carboxylic acid groups (broad SMARTS) is 1. The molecule has 0 saturated heterocycles. The maximum atomic E-state index is 11.5. The van der Waals surface area contributed by atoms with E-state index in [9.17, 15) is 9.90 Å². The lowest BCUT2D eigenvalue weighted by Gasteiger charge is -2.11. The molecule has 5 nitrogen and oxygen atoms in total. The van der Waals surface area contributed by atoms with E-state index >= 15 is 0 Å². The number of hydrogen-bond acceptors (Lipinski definition) is 4. The highest BCUT2D eigenvalue weighted by Crippen LogP contribution is 2.43. The van der Waals surface area contributed by atoms with Gasteiger partial charge in [-0.25, -0.2) is 0 Å². The fraction of sp³-hybridized carbons (Fsp3) is 0.312. The quantitative estimate of drug-likeness (QED) is 0.788. The van der Waals surface area contributed by atoms with Crippen LogP contribution in [0.2, 0.25) is 0 Å². The normalized spacial score (nSPS) is 13.0. The molecule has 0 radical (unpaired) electrons. The molecule has 21 heavy (non-hydrogen) atoms. The van der Waals surface area contributed by atoms with Crippen LogP contribution in [0.4, 0.5) is 0 Å². The van der Waals surface area contributed by atoms with Crippen molar-refractivity contribution >= 4 is 27.9 Å². The predicted octanol–water partition coefficient (Wildman–Crippen LogP) is 3.99. The van der Waals surface area contributed by atoms with Crippen molar-refractivity contribution in [3.8, 4) is 5.75 Å². The number of methoxy groups -OCH3 is 1. The molecule has 1 aromatic carbocycles. The molecule has 0 aliphatic heterocycles. The van der Waals surface area contributed by atoms with E-state index < -0.39 is 11.9 Å². The van der Waals surface area contributed by atoms with Crippen LogP contribution in [0.5, 0.6) is 5.75 Å². The summed E-state index contributed by atoms with van der Waals surface area (Å²) in [6.07, 6.45) is 0. The molecular formula is C16H16O5. The Kier molecular flexibility index (Phi) is 2.93. The highest BCUT2D eigenvalue weighted by Gasteiger charge is 2.27. The van der Waals surface area contributed by atoms with E-state index in [2.05, 4.69) is 0 Å². The van der Waals surface area contributed by atoms with Gasteiger partial charge < -0.3 is 18.7 Å². The van der Waals surface area contributed by atoms with Crippen LogP contribution in [0.3, 0.4) is 0 Å². The third-order valence-electron chi connectivity index (χ3n) is 3.70. The first-order chi connectivity index (χ1) is 9.93. The van der Waals surface area contributed by atoms with Crippen molar-refractivity contribution in [2.45, 2.75) is 26.7 Å². The molecule has 1 N–H and O–H groups in total. The van der Waals surface area contributed by atoms with Gasteiger partial charge in [0.1, 0.15) is 17.1 Å². The second-order valence-corrected chi connectivity index (χ2v) is 5.21. The minimum absolute atomic E-state index is 0.549. The van der Waals surface area contributed by atoms with Gasteiger partial charge in [-0.05, 0) is 32.9 Å². The van der Waals surface area contributed by atoms with Gasteiger partial charge in [-0.3, -0.25) is 4.79 Å². The molecule has 2 aromatic heterocycles. The number of rotatable bonds is 3. The van der Waals surface area contributed by atoms with Gasteiger partial charge in [0.15, 0.2) is 11.3 Å². The van der Waals surface area contributed by atoms with E-state index in [1.807, 2.05) is 26.0 Å². The summed E-state index contributed by atoms with van der Waals surface area (Å²) in [7, 11) is 1.56. The lowest BCUT2D eigenvalue weighted by molar-refractivity contribution is -0.138. The minimum Gasteiger partial charge on any atom is -0.492 e. The Morgan fingerprint density at radius 1 is 1.14 bits per heavy atom. The molecule has 110 valence electrons. The molecule has 0 saturated carbocycles. The molecule has 0 bridgehead atoms. The zero-order valence-electron chi connectivity index (χ0n) is 12.3. The number of fused-ring (bicyclic) bond motifs is 2. The van der Waals surface area contributed by atoms with Crippen molar-refractivity contribution in [3.05, 3.63) is 29.2 Å². The maximum absolute atomic E-state index is 11.5. The SMILES string of the molecule is COc1c2cc(C)oc2c(C(C)C(=O)O)c2cc(C)oc12. The summed E-state index contributed by atoms with van der Waals surface area (Å²) in [5, 5.41) is 10.9. The third kappa shape index (κ3) is 1.88. The zero-order valence-corrected chi connectivity index (χ0v) is 12.3. The van der Waals surface area contributed by atoms with E-state index in [1.54, 1.807) is 14.0 Å². The van der Waals surface area contributed by atoms with E-state index in [1.165, 1.54) is 0 Å². The molecule has 5 heteroatoms. The summed E-state index contributed by atoms with van der Waals surface area (Å²) >= 11 is 0. The van der Waals surface area contributed by atoms with Crippen molar-refractivity contribution in [2.75, 3.05) is 7.11 Å². The van der Waals surface area contributed by atoms with Gasteiger partial charge in [0.2, 0.25) is 0 Å². The second kappa shape index (κ2) is 4.55. The molecule has 1 unspecified atom stereocenters. The zero-order chi connectivity index (χ0) is 15.3. The van der Waals surface area contributed by atoms with E-state index in [-0.39, 0.29) is 0 Å². The average Bonchev–Trinajstić information content (AvgIpc) is 2.96. The van der Waals surface area contributed by atoms with Crippen molar-refractivity contribution < 1.29 is 23.5 Å². The topological polar surface area (TPSA) is 72.8 Å². The second-order valence-electron chi connectivity index (χ2n) is 5.21. The van der Waals surface area contributed by atoms with Gasteiger partial charge in [0, 0.05) is 10.9 Å². The summed E-state index contributed by atoms with van der Waals surface area (Å²) in [6, 6.07) is 3.66. The summed E-state index contributed by atoms with van der Waals surface area (Å²) in [5.74, 6) is 0.364. The van der Waals surface area contributed by atoms with Crippen molar-refractivity contribution in [2.24, 2.45) is 0 Å². The molecule has 0 aliphatic carbocycles. The summed E-state index contributed by atoms with van der Waals surface area (Å²) in [5.41, 5.74) is 1.73. The van der Waals surface area contributed by atoms with Gasteiger partial charge in [-0.1, -0.05) is 0 Å². The van der Waals surface area contributed by atoms with Crippen LogP contribution in [0.25, 0.3) is 21.9 Å². The number of carbonyl (C=O) groups is 1. The fourth-order valence-electron chi connectivity index (χ4n) is 2.77. The maximum Gasteiger partial charge on any atom is 0.310 e. The van der Waals surface area contributed by atoms with Gasteiger partial charge in [-0.2, -0.15) is 0 Å². The Morgan fingerprint density at radius 2 is 1.71 bits per heavy atom. The molecule has 3 aromatic rings. The van der Waals surface area contributed by atoms with Gasteiger partial charge in [0.25, 0.3) is 0 Å². The monoisotopic (exact) mass is 288 g/mol. The van der Waals surface area contributed by atoms with Crippen LogP contribution in [0.1, 0.15) is 29.9 Å². The number of benzene rings is 1. The summed E-state index contributed by atoms with van der Waals surface area (Å²) in [6.45, 7) is 5.28. The van der Waals surface area contributed by atoms with Gasteiger partial charge >= 0.3 is 5.97 Å². The van der Waals surface area contributed by atoms with Crippen LogP contribution in [0.15, 0.2) is 21.0 Å². The Morgan fingerprint density at radius 3 is 2.29 bits per heavy atom. The van der Waals surface area contributed by atoms with Crippen LogP contribution >= 0.6 is 0 Å². The molecule has 1 atom stereocenters. The van der Waals surface area contributed by atoms with E-state index in [0.717, 1.165) is 10.8 Å². The average molecular weight is 288 g/mol. The number of aryl methyl sites for hydroxylation is 2. The van der Waals surface area contributed by atoms with Crippen LogP contribution < -0.4 is 4.74 Å². The molecular weight excluding hydrogens is 272 g/mol. The number of aliphatic carboxylic acids is 1. The van der Waals surface area contributed by atoms with Crippen LogP contribution in [-0.4, -0.2) is 18.2 Å². The number of ether oxygens (including phenoxy) is 1. The minimum atomic E-state index is -0.907.